The normalized spacial score (nSPS) is 26.2. The average Bonchev–Trinajstić information content (AvgIpc) is 3.07. The molecule has 1 saturated heterocycles. The second-order valence-corrected chi connectivity index (χ2v) is 10.3. The fourth-order valence-electron chi connectivity index (χ4n) is 2.96. The first-order valence-electron chi connectivity index (χ1n) is 9.75. The van der Waals surface area contributed by atoms with E-state index in [0.717, 1.165) is 12.3 Å². The van der Waals surface area contributed by atoms with Crippen LogP contribution in [-0.2, 0) is 32.0 Å². The van der Waals surface area contributed by atoms with Gasteiger partial charge in [0.15, 0.2) is 12.5 Å². The van der Waals surface area contributed by atoms with Crippen LogP contribution in [0.2, 0.25) is 0 Å². The van der Waals surface area contributed by atoms with Crippen molar-refractivity contribution in [2.75, 3.05) is 13.2 Å². The van der Waals surface area contributed by atoms with Crippen LogP contribution in [0.15, 0.2) is 21.9 Å². The molecule has 1 aromatic heterocycles. The molecule has 0 saturated carbocycles. The first-order chi connectivity index (χ1) is 16.6. The zero-order valence-electron chi connectivity index (χ0n) is 17.9. The number of carbonyl (C=O) groups is 1. The standard InChI is InChI=1S/C15H24N2O17P2.2Na.2H/c18-3-6(20)10(22)11(23)7(4-19)33-36(30,34-35(27,28)29)31-5-8-12(24)13(25)14(32-8)17-2-1-9(21)16-15(17)26;;;;/h1-3,6-8,10-14,19-20,22-25H,4-5H2,(H,16,21,26)(H2,27,28,29);;;;/t6-,7+,8+,10+,11+,12+,13+,14+,36?;;;;/m0..../s1. The molecule has 1 aliphatic heterocycles. The molecule has 1 aromatic rings. The molecular weight excluding hydrogens is 588 g/mol. The van der Waals surface area contributed by atoms with Crippen LogP contribution in [0.5, 0.6) is 0 Å². The summed E-state index contributed by atoms with van der Waals surface area (Å²) in [6, 6.07) is 0.903. The van der Waals surface area contributed by atoms with Crippen molar-refractivity contribution in [1.29, 1.82) is 0 Å². The molecule has 0 radical (unpaired) electrons. The van der Waals surface area contributed by atoms with Gasteiger partial charge in [-0.2, -0.15) is 4.31 Å². The third-order valence-electron chi connectivity index (χ3n) is 4.73. The van der Waals surface area contributed by atoms with Crippen LogP contribution in [0.25, 0.3) is 0 Å². The predicted octanol–water partition coefficient (Wildman–Crippen LogP) is -6.25. The van der Waals surface area contributed by atoms with Crippen molar-refractivity contribution in [1.82, 2.24) is 9.55 Å². The SMILES string of the molecule is O=C[C@H](O)[C@@H](O)[C@H](O)[C@@H](CO)OP(=O)(OC[C@H]1O[C@@H](n2ccc(=O)[nH]c2=O)[C@H](O)[C@@H]1O)OP(=O)(O)O.[NaH].[NaH]. The van der Waals surface area contributed by atoms with E-state index in [4.69, 9.17) is 19.0 Å². The number of H-pyrrole nitrogens is 1. The Morgan fingerprint density at radius 3 is 2.21 bits per heavy atom. The molecule has 2 rings (SSSR count). The fraction of sp³-hybridized carbons (Fsp3) is 0.667. The number of nitrogens with one attached hydrogen (secondary N) is 1. The van der Waals surface area contributed by atoms with Crippen molar-refractivity contribution >= 4 is 81.0 Å². The number of hydrogen-bond donors (Lipinski definition) is 9. The molecule has 0 amide bonds. The molecule has 9 atom stereocenters. The molecule has 1 fully saturated rings. The molecule has 0 aromatic carbocycles. The Morgan fingerprint density at radius 1 is 1.11 bits per heavy atom. The Morgan fingerprint density at radius 2 is 1.71 bits per heavy atom. The number of carbonyl (C=O) groups excluding carboxylic acids is 1. The molecule has 0 bridgehead atoms. The second kappa shape index (κ2) is 16.1. The maximum absolute atomic E-state index is 12.9. The van der Waals surface area contributed by atoms with Gasteiger partial charge in [0.2, 0.25) is 0 Å². The van der Waals surface area contributed by atoms with Gasteiger partial charge in [0.05, 0.1) is 13.2 Å². The van der Waals surface area contributed by atoms with Crippen LogP contribution in [0.1, 0.15) is 6.23 Å². The van der Waals surface area contributed by atoms with E-state index in [0.29, 0.717) is 4.57 Å². The third-order valence-corrected chi connectivity index (χ3v) is 7.38. The molecule has 1 unspecified atom stereocenters. The van der Waals surface area contributed by atoms with Gasteiger partial charge in [-0.1, -0.05) is 0 Å². The Bertz CT molecular complexity index is 1110. The number of ether oxygens (including phenoxy) is 1. The summed E-state index contributed by atoms with van der Waals surface area (Å²) in [6.45, 7) is -2.40. The van der Waals surface area contributed by atoms with Gasteiger partial charge in [-0.3, -0.25) is 23.4 Å². The summed E-state index contributed by atoms with van der Waals surface area (Å²) in [6.07, 6.45) is -15.3. The number of hydrogen-bond acceptors (Lipinski definition) is 15. The summed E-state index contributed by atoms with van der Waals surface area (Å²) in [5.74, 6) is 0. The summed E-state index contributed by atoms with van der Waals surface area (Å²) < 4.78 is 43.5. The summed E-state index contributed by atoms with van der Waals surface area (Å²) in [4.78, 5) is 53.7. The van der Waals surface area contributed by atoms with Gasteiger partial charge < -0.3 is 50.0 Å². The number of phosphoric acid groups is 2. The van der Waals surface area contributed by atoms with E-state index in [1.54, 1.807) is 0 Å². The second-order valence-electron chi connectivity index (χ2n) is 7.31. The number of aliphatic hydroxyl groups is 6. The Balaban J connectivity index is 0.00000684. The number of aldehydes is 1. The van der Waals surface area contributed by atoms with E-state index < -0.39 is 89.1 Å². The van der Waals surface area contributed by atoms with Crippen molar-refractivity contribution in [3.63, 3.8) is 0 Å². The van der Waals surface area contributed by atoms with E-state index in [1.807, 2.05) is 4.98 Å². The number of rotatable bonds is 13. The van der Waals surface area contributed by atoms with Crippen molar-refractivity contribution < 1.29 is 72.4 Å². The number of aromatic amines is 1. The molecule has 0 aliphatic carbocycles. The van der Waals surface area contributed by atoms with Gasteiger partial charge >= 0.3 is 80.4 Å². The minimum absolute atomic E-state index is 0. The molecule has 9 N–H and O–H groups in total. The topological polar surface area (TPSA) is 305 Å². The van der Waals surface area contributed by atoms with Crippen molar-refractivity contribution in [2.24, 2.45) is 0 Å². The fourth-order valence-corrected chi connectivity index (χ4v) is 5.26. The van der Waals surface area contributed by atoms with E-state index in [2.05, 4.69) is 8.83 Å². The molecule has 0 spiro atoms. The summed E-state index contributed by atoms with van der Waals surface area (Å²) >= 11 is 0. The van der Waals surface area contributed by atoms with Crippen LogP contribution in [0.3, 0.4) is 0 Å². The van der Waals surface area contributed by atoms with Crippen LogP contribution in [0.4, 0.5) is 0 Å². The van der Waals surface area contributed by atoms with E-state index in [-0.39, 0.29) is 65.4 Å². The zero-order valence-corrected chi connectivity index (χ0v) is 19.6. The van der Waals surface area contributed by atoms with Crippen molar-refractivity contribution in [3.8, 4) is 0 Å². The molecule has 38 heavy (non-hydrogen) atoms. The molecule has 23 heteroatoms. The predicted molar refractivity (Wildman–Crippen MR) is 124 cm³/mol. The van der Waals surface area contributed by atoms with Crippen molar-refractivity contribution in [2.45, 2.75) is 49.0 Å². The minimum atomic E-state index is -5.67. The van der Waals surface area contributed by atoms with E-state index in [1.165, 1.54) is 0 Å². The third kappa shape index (κ3) is 10.3. The van der Waals surface area contributed by atoms with E-state index in [9.17, 15) is 54.2 Å². The Labute approximate surface area is 256 Å². The molecule has 1 aliphatic rings. The number of aliphatic hydroxyl groups excluding tert-OH is 6. The van der Waals surface area contributed by atoms with Gasteiger partial charge in [-0.15, -0.1) is 0 Å². The number of phosphoric ester groups is 1. The molecule has 2 heterocycles. The van der Waals surface area contributed by atoms with Gasteiger partial charge in [-0.05, 0) is 0 Å². The number of nitrogens with zero attached hydrogens (tertiary/aromatic N) is 1. The summed E-state index contributed by atoms with van der Waals surface area (Å²) in [5.41, 5.74) is -1.81. The first-order valence-corrected chi connectivity index (χ1v) is 12.7. The maximum atomic E-state index is 12.9. The molecular formula is C15H26N2Na2O17P2. The summed E-state index contributed by atoms with van der Waals surface area (Å²) in [5, 5.41) is 58.7. The molecule has 19 nitrogen and oxygen atoms in total. The average molecular weight is 614 g/mol. The van der Waals surface area contributed by atoms with Gasteiger partial charge in [-0.25, -0.2) is 13.9 Å². The monoisotopic (exact) mass is 614 g/mol. The summed E-state index contributed by atoms with van der Waals surface area (Å²) in [7, 11) is -11.2. The number of aromatic nitrogens is 2. The van der Waals surface area contributed by atoms with Crippen LogP contribution in [0, 0.1) is 0 Å². The van der Waals surface area contributed by atoms with E-state index >= 15 is 0 Å². The quantitative estimate of drug-likeness (QED) is 0.0567. The first kappa shape index (κ1) is 38.3. The molecule has 210 valence electrons. The van der Waals surface area contributed by atoms with Gasteiger partial charge in [0.1, 0.15) is 42.7 Å². The zero-order chi connectivity index (χ0) is 27.4. The van der Waals surface area contributed by atoms with Gasteiger partial charge in [0.25, 0.3) is 5.56 Å². The van der Waals surface area contributed by atoms with Crippen molar-refractivity contribution in [3.05, 3.63) is 33.1 Å². The Hall–Kier alpha value is 0.330. The van der Waals surface area contributed by atoms with Crippen LogP contribution in [-0.4, -0.2) is 171 Å². The van der Waals surface area contributed by atoms with Crippen LogP contribution >= 0.6 is 15.6 Å². The Kier molecular flexibility index (Phi) is 16.2. The van der Waals surface area contributed by atoms with Crippen LogP contribution < -0.4 is 11.2 Å². The van der Waals surface area contributed by atoms with Gasteiger partial charge in [0, 0.05) is 12.3 Å².